The van der Waals surface area contributed by atoms with Gasteiger partial charge in [0, 0.05) is 0 Å². The second kappa shape index (κ2) is 5.95. The van der Waals surface area contributed by atoms with Crippen LogP contribution in [0.25, 0.3) is 6.08 Å². The summed E-state index contributed by atoms with van der Waals surface area (Å²) >= 11 is 0. The lowest BCUT2D eigenvalue weighted by Gasteiger charge is -2.05. The topological polar surface area (TPSA) is 0 Å². The lowest BCUT2D eigenvalue weighted by molar-refractivity contribution is -0.137. The van der Waals surface area contributed by atoms with Crippen LogP contribution in [0.15, 0.2) is 54.6 Å². The van der Waals surface area contributed by atoms with Crippen molar-refractivity contribution >= 4 is 6.08 Å². The second-order valence-corrected chi connectivity index (χ2v) is 4.71. The summed E-state index contributed by atoms with van der Waals surface area (Å²) < 4.78 is 37.2. The Labute approximate surface area is 116 Å². The third-order valence-corrected chi connectivity index (χ3v) is 3.02. The fourth-order valence-electron chi connectivity index (χ4n) is 1.84. The van der Waals surface area contributed by atoms with Gasteiger partial charge in [0.05, 0.1) is 5.56 Å². The third-order valence-electron chi connectivity index (χ3n) is 3.02. The van der Waals surface area contributed by atoms with Crippen molar-refractivity contribution in [3.8, 4) is 0 Å². The Balaban J connectivity index is 1.99. The minimum absolute atomic E-state index is 0.617. The van der Waals surface area contributed by atoms with Crippen LogP contribution in [0.3, 0.4) is 0 Å². The van der Waals surface area contributed by atoms with Crippen molar-refractivity contribution in [1.82, 2.24) is 0 Å². The van der Waals surface area contributed by atoms with E-state index in [-0.39, 0.29) is 0 Å². The van der Waals surface area contributed by atoms with Crippen molar-refractivity contribution < 1.29 is 13.2 Å². The molecule has 0 radical (unpaired) electrons. The molecule has 3 heteroatoms. The number of halogens is 3. The van der Waals surface area contributed by atoms with Crippen LogP contribution in [-0.2, 0) is 12.6 Å². The van der Waals surface area contributed by atoms with E-state index in [4.69, 9.17) is 0 Å². The number of hydrogen-bond donors (Lipinski definition) is 0. The predicted octanol–water partition coefficient (Wildman–Crippen LogP) is 5.27. The van der Waals surface area contributed by atoms with Crippen LogP contribution in [0.1, 0.15) is 22.3 Å². The van der Waals surface area contributed by atoms with Gasteiger partial charge in [-0.2, -0.15) is 13.2 Å². The third kappa shape index (κ3) is 3.98. The SMILES string of the molecule is Cc1ccc(C/C=C/c2ccc(C(F)(F)F)cc2)cc1. The first-order valence-corrected chi connectivity index (χ1v) is 6.34. The Kier molecular flexibility index (Phi) is 4.28. The highest BCUT2D eigenvalue weighted by Gasteiger charge is 2.29. The molecule has 0 aliphatic heterocycles. The molecule has 0 saturated heterocycles. The maximum absolute atomic E-state index is 12.4. The summed E-state index contributed by atoms with van der Waals surface area (Å²) in [6, 6.07) is 13.3. The number of allylic oxidation sites excluding steroid dienone is 1. The molecule has 0 bridgehead atoms. The predicted molar refractivity (Wildman–Crippen MR) is 75.4 cm³/mol. The first kappa shape index (κ1) is 14.4. The molecule has 2 rings (SSSR count). The van der Waals surface area contributed by atoms with Crippen molar-refractivity contribution in [2.24, 2.45) is 0 Å². The molecule has 0 aromatic heterocycles. The molecule has 0 unspecified atom stereocenters. The maximum atomic E-state index is 12.4. The normalized spacial score (nSPS) is 12.0. The average molecular weight is 276 g/mol. The molecule has 0 atom stereocenters. The molecule has 0 heterocycles. The summed E-state index contributed by atoms with van der Waals surface area (Å²) in [5, 5.41) is 0. The fourth-order valence-corrected chi connectivity index (χ4v) is 1.84. The molecule has 0 spiro atoms. The Morgan fingerprint density at radius 1 is 0.900 bits per heavy atom. The Morgan fingerprint density at radius 3 is 2.05 bits per heavy atom. The van der Waals surface area contributed by atoms with Gasteiger partial charge in [-0.15, -0.1) is 0 Å². The van der Waals surface area contributed by atoms with Crippen molar-refractivity contribution in [3.05, 3.63) is 76.9 Å². The van der Waals surface area contributed by atoms with Crippen molar-refractivity contribution in [3.63, 3.8) is 0 Å². The van der Waals surface area contributed by atoms with E-state index < -0.39 is 11.7 Å². The summed E-state index contributed by atoms with van der Waals surface area (Å²) in [6.07, 6.45) is 0.277. The first-order chi connectivity index (χ1) is 9.45. The number of aryl methyl sites for hydroxylation is 1. The van der Waals surface area contributed by atoms with Gasteiger partial charge in [0.2, 0.25) is 0 Å². The molecule has 0 nitrogen and oxygen atoms in total. The first-order valence-electron chi connectivity index (χ1n) is 6.34. The van der Waals surface area contributed by atoms with E-state index in [1.807, 2.05) is 43.3 Å². The van der Waals surface area contributed by atoms with E-state index in [0.717, 1.165) is 24.1 Å². The molecular formula is C17H15F3. The molecule has 0 amide bonds. The van der Waals surface area contributed by atoms with Gasteiger partial charge in [-0.25, -0.2) is 0 Å². The Morgan fingerprint density at radius 2 is 1.50 bits per heavy atom. The number of hydrogen-bond acceptors (Lipinski definition) is 0. The zero-order valence-electron chi connectivity index (χ0n) is 11.1. The van der Waals surface area contributed by atoms with Gasteiger partial charge in [-0.05, 0) is 36.6 Å². The van der Waals surface area contributed by atoms with Crippen LogP contribution >= 0.6 is 0 Å². The minimum Gasteiger partial charge on any atom is -0.166 e. The van der Waals surface area contributed by atoms with Gasteiger partial charge < -0.3 is 0 Å². The Bertz CT molecular complexity index is 575. The van der Waals surface area contributed by atoms with Gasteiger partial charge in [-0.1, -0.05) is 54.1 Å². The van der Waals surface area contributed by atoms with Crippen LogP contribution in [-0.4, -0.2) is 0 Å². The zero-order chi connectivity index (χ0) is 14.6. The van der Waals surface area contributed by atoms with Crippen LogP contribution in [0.5, 0.6) is 0 Å². The number of alkyl halides is 3. The van der Waals surface area contributed by atoms with Crippen LogP contribution in [0.2, 0.25) is 0 Å². The largest absolute Gasteiger partial charge is 0.416 e. The lowest BCUT2D eigenvalue weighted by Crippen LogP contribution is -2.03. The van der Waals surface area contributed by atoms with E-state index in [2.05, 4.69) is 0 Å². The second-order valence-electron chi connectivity index (χ2n) is 4.71. The van der Waals surface area contributed by atoms with Crippen molar-refractivity contribution in [2.45, 2.75) is 19.5 Å². The smallest absolute Gasteiger partial charge is 0.166 e. The Hall–Kier alpha value is -2.03. The summed E-state index contributed by atoms with van der Waals surface area (Å²) in [5.74, 6) is 0. The minimum atomic E-state index is -4.27. The summed E-state index contributed by atoms with van der Waals surface area (Å²) in [5.41, 5.74) is 2.54. The molecule has 2 aromatic carbocycles. The quantitative estimate of drug-likeness (QED) is 0.716. The lowest BCUT2D eigenvalue weighted by atomic mass is 10.1. The van der Waals surface area contributed by atoms with E-state index >= 15 is 0 Å². The standard InChI is InChI=1S/C17H15F3/c1-13-5-7-14(8-6-13)3-2-4-15-9-11-16(12-10-15)17(18,19)20/h2,4-12H,3H2,1H3/b4-2+. The average Bonchev–Trinajstić information content (AvgIpc) is 2.41. The van der Waals surface area contributed by atoms with E-state index in [0.29, 0.717) is 0 Å². The van der Waals surface area contributed by atoms with Crippen molar-refractivity contribution in [2.75, 3.05) is 0 Å². The van der Waals surface area contributed by atoms with Crippen molar-refractivity contribution in [1.29, 1.82) is 0 Å². The highest BCUT2D eigenvalue weighted by atomic mass is 19.4. The van der Waals surface area contributed by atoms with E-state index in [1.54, 1.807) is 0 Å². The molecule has 2 aromatic rings. The van der Waals surface area contributed by atoms with Gasteiger partial charge in [-0.3, -0.25) is 0 Å². The monoisotopic (exact) mass is 276 g/mol. The van der Waals surface area contributed by atoms with E-state index in [9.17, 15) is 13.2 Å². The van der Waals surface area contributed by atoms with Crippen LogP contribution in [0, 0.1) is 6.92 Å². The number of rotatable bonds is 3. The van der Waals surface area contributed by atoms with Crippen LogP contribution < -0.4 is 0 Å². The van der Waals surface area contributed by atoms with Gasteiger partial charge in [0.15, 0.2) is 0 Å². The molecule has 20 heavy (non-hydrogen) atoms. The maximum Gasteiger partial charge on any atom is 0.416 e. The highest BCUT2D eigenvalue weighted by Crippen LogP contribution is 2.29. The molecule has 0 N–H and O–H groups in total. The highest BCUT2D eigenvalue weighted by molar-refractivity contribution is 5.50. The summed E-state index contributed by atoms with van der Waals surface area (Å²) in [4.78, 5) is 0. The van der Waals surface area contributed by atoms with E-state index in [1.165, 1.54) is 23.3 Å². The zero-order valence-corrected chi connectivity index (χ0v) is 11.1. The van der Waals surface area contributed by atoms with Gasteiger partial charge >= 0.3 is 6.18 Å². The molecule has 0 aliphatic carbocycles. The fraction of sp³-hybridized carbons (Fsp3) is 0.176. The number of benzene rings is 2. The molecule has 0 fully saturated rings. The summed E-state index contributed by atoms with van der Waals surface area (Å²) in [6.45, 7) is 2.03. The molecule has 104 valence electrons. The summed E-state index contributed by atoms with van der Waals surface area (Å²) in [7, 11) is 0. The van der Waals surface area contributed by atoms with Gasteiger partial charge in [0.25, 0.3) is 0 Å². The molecule has 0 aliphatic rings. The molecule has 0 saturated carbocycles. The molecular weight excluding hydrogens is 261 g/mol. The van der Waals surface area contributed by atoms with Gasteiger partial charge in [0.1, 0.15) is 0 Å². The van der Waals surface area contributed by atoms with Crippen LogP contribution in [0.4, 0.5) is 13.2 Å².